The predicted octanol–water partition coefficient (Wildman–Crippen LogP) is 3.45. The summed E-state index contributed by atoms with van der Waals surface area (Å²) in [6.07, 6.45) is -0.562. The Morgan fingerprint density at radius 2 is 1.68 bits per heavy atom. The number of halogens is 2. The SMILES string of the molecule is CN(Cc1ccc(OC(F)F)cc1)CC(O)c1ccccc1. The van der Waals surface area contributed by atoms with Crippen molar-refractivity contribution in [3.05, 3.63) is 65.7 Å². The lowest BCUT2D eigenvalue weighted by molar-refractivity contribution is -0.0498. The van der Waals surface area contributed by atoms with Gasteiger partial charge >= 0.3 is 6.61 Å². The van der Waals surface area contributed by atoms with Crippen LogP contribution in [-0.2, 0) is 6.54 Å². The van der Waals surface area contributed by atoms with Crippen molar-refractivity contribution < 1.29 is 18.6 Å². The number of rotatable bonds is 7. The third-order valence-corrected chi connectivity index (χ3v) is 3.27. The van der Waals surface area contributed by atoms with Gasteiger partial charge in [-0.15, -0.1) is 0 Å². The molecule has 2 rings (SSSR count). The van der Waals surface area contributed by atoms with Gasteiger partial charge in [0, 0.05) is 13.1 Å². The summed E-state index contributed by atoms with van der Waals surface area (Å²) in [6.45, 7) is -1.72. The fourth-order valence-electron chi connectivity index (χ4n) is 2.23. The zero-order valence-electron chi connectivity index (χ0n) is 12.3. The molecular weight excluding hydrogens is 288 g/mol. The summed E-state index contributed by atoms with van der Waals surface area (Å²) in [4.78, 5) is 1.97. The standard InChI is InChI=1S/C17H19F2NO2/c1-20(12-16(21)14-5-3-2-4-6-14)11-13-7-9-15(10-8-13)22-17(18)19/h2-10,16-17,21H,11-12H2,1H3. The van der Waals surface area contributed by atoms with E-state index in [0.717, 1.165) is 11.1 Å². The normalized spacial score (nSPS) is 12.6. The van der Waals surface area contributed by atoms with Gasteiger partial charge in [-0.25, -0.2) is 0 Å². The summed E-state index contributed by atoms with van der Waals surface area (Å²) >= 11 is 0. The van der Waals surface area contributed by atoms with E-state index in [1.807, 2.05) is 42.3 Å². The van der Waals surface area contributed by atoms with Gasteiger partial charge < -0.3 is 9.84 Å². The van der Waals surface area contributed by atoms with Crippen molar-refractivity contribution in [2.45, 2.75) is 19.3 Å². The molecule has 0 saturated carbocycles. The van der Waals surface area contributed by atoms with Crippen LogP contribution in [0.25, 0.3) is 0 Å². The van der Waals surface area contributed by atoms with E-state index in [0.29, 0.717) is 13.1 Å². The third kappa shape index (κ3) is 5.09. The van der Waals surface area contributed by atoms with Crippen LogP contribution in [0, 0.1) is 0 Å². The van der Waals surface area contributed by atoms with Crippen LogP contribution < -0.4 is 4.74 Å². The highest BCUT2D eigenvalue weighted by Gasteiger charge is 2.11. The average Bonchev–Trinajstić information content (AvgIpc) is 2.49. The molecule has 0 bridgehead atoms. The number of ether oxygens (including phenoxy) is 1. The van der Waals surface area contributed by atoms with Crippen LogP contribution in [0.4, 0.5) is 8.78 Å². The zero-order chi connectivity index (χ0) is 15.9. The molecule has 0 aliphatic heterocycles. The molecule has 22 heavy (non-hydrogen) atoms. The van der Waals surface area contributed by atoms with Gasteiger partial charge in [-0.3, -0.25) is 4.90 Å². The van der Waals surface area contributed by atoms with Gasteiger partial charge in [-0.1, -0.05) is 42.5 Å². The molecule has 0 saturated heterocycles. The van der Waals surface area contributed by atoms with Gasteiger partial charge in [-0.05, 0) is 30.3 Å². The van der Waals surface area contributed by atoms with E-state index >= 15 is 0 Å². The van der Waals surface area contributed by atoms with Gasteiger partial charge in [0.15, 0.2) is 0 Å². The van der Waals surface area contributed by atoms with Crippen molar-refractivity contribution >= 4 is 0 Å². The molecular formula is C17H19F2NO2. The molecule has 0 spiro atoms. The van der Waals surface area contributed by atoms with E-state index in [4.69, 9.17) is 0 Å². The minimum absolute atomic E-state index is 0.144. The second-order valence-corrected chi connectivity index (χ2v) is 5.15. The number of aliphatic hydroxyl groups excluding tert-OH is 1. The number of aliphatic hydroxyl groups is 1. The minimum Gasteiger partial charge on any atom is -0.435 e. The molecule has 3 nitrogen and oxygen atoms in total. The smallest absolute Gasteiger partial charge is 0.387 e. The van der Waals surface area contributed by atoms with E-state index in [1.165, 1.54) is 12.1 Å². The van der Waals surface area contributed by atoms with Gasteiger partial charge in [0.1, 0.15) is 5.75 Å². The van der Waals surface area contributed by atoms with Crippen LogP contribution in [0.15, 0.2) is 54.6 Å². The molecule has 1 atom stereocenters. The lowest BCUT2D eigenvalue weighted by atomic mass is 10.1. The molecule has 0 aliphatic carbocycles. The monoisotopic (exact) mass is 307 g/mol. The average molecular weight is 307 g/mol. The summed E-state index contributed by atoms with van der Waals surface area (Å²) in [5.41, 5.74) is 1.83. The van der Waals surface area contributed by atoms with Gasteiger partial charge in [0.05, 0.1) is 6.10 Å². The maximum atomic E-state index is 12.1. The lowest BCUT2D eigenvalue weighted by Gasteiger charge is -2.21. The summed E-state index contributed by atoms with van der Waals surface area (Å²) in [6, 6.07) is 16.0. The second kappa shape index (κ2) is 7.87. The lowest BCUT2D eigenvalue weighted by Crippen LogP contribution is -2.24. The van der Waals surface area contributed by atoms with Crippen molar-refractivity contribution in [2.24, 2.45) is 0 Å². The van der Waals surface area contributed by atoms with Gasteiger partial charge in [-0.2, -0.15) is 8.78 Å². The fourth-order valence-corrected chi connectivity index (χ4v) is 2.23. The highest BCUT2D eigenvalue weighted by molar-refractivity contribution is 5.27. The van der Waals surface area contributed by atoms with Crippen molar-refractivity contribution in [1.29, 1.82) is 0 Å². The molecule has 0 radical (unpaired) electrons. The van der Waals surface area contributed by atoms with Crippen molar-refractivity contribution in [3.8, 4) is 5.75 Å². The predicted molar refractivity (Wildman–Crippen MR) is 80.8 cm³/mol. The van der Waals surface area contributed by atoms with Crippen molar-refractivity contribution in [1.82, 2.24) is 4.90 Å². The number of likely N-dealkylation sites (N-methyl/N-ethyl adjacent to an activating group) is 1. The molecule has 0 heterocycles. The molecule has 0 aliphatic rings. The molecule has 0 amide bonds. The number of alkyl halides is 2. The number of nitrogens with zero attached hydrogens (tertiary/aromatic N) is 1. The van der Waals surface area contributed by atoms with E-state index < -0.39 is 12.7 Å². The van der Waals surface area contributed by atoms with Gasteiger partial charge in [0.2, 0.25) is 0 Å². The first kappa shape index (κ1) is 16.4. The highest BCUT2D eigenvalue weighted by atomic mass is 19.3. The van der Waals surface area contributed by atoms with E-state index in [-0.39, 0.29) is 5.75 Å². The largest absolute Gasteiger partial charge is 0.435 e. The van der Waals surface area contributed by atoms with Crippen molar-refractivity contribution in [2.75, 3.05) is 13.6 Å². The summed E-state index contributed by atoms with van der Waals surface area (Å²) in [5, 5.41) is 10.2. The van der Waals surface area contributed by atoms with Crippen LogP contribution in [-0.4, -0.2) is 30.2 Å². The Labute approximate surface area is 128 Å². The zero-order valence-corrected chi connectivity index (χ0v) is 12.3. The Morgan fingerprint density at radius 3 is 2.27 bits per heavy atom. The Morgan fingerprint density at radius 1 is 1.05 bits per heavy atom. The van der Waals surface area contributed by atoms with E-state index in [2.05, 4.69) is 4.74 Å². The van der Waals surface area contributed by atoms with Crippen LogP contribution >= 0.6 is 0 Å². The topological polar surface area (TPSA) is 32.7 Å². The van der Waals surface area contributed by atoms with Crippen LogP contribution in [0.5, 0.6) is 5.75 Å². The Bertz CT molecular complexity index is 561. The molecule has 2 aromatic carbocycles. The fraction of sp³-hybridized carbons (Fsp3) is 0.294. The Hall–Kier alpha value is -1.98. The molecule has 1 N–H and O–H groups in total. The number of hydrogen-bond donors (Lipinski definition) is 1. The maximum Gasteiger partial charge on any atom is 0.387 e. The summed E-state index contributed by atoms with van der Waals surface area (Å²) in [7, 11) is 1.90. The Balaban J connectivity index is 1.87. The van der Waals surface area contributed by atoms with Crippen LogP contribution in [0.2, 0.25) is 0 Å². The van der Waals surface area contributed by atoms with E-state index in [9.17, 15) is 13.9 Å². The molecule has 5 heteroatoms. The first-order valence-electron chi connectivity index (χ1n) is 7.00. The number of hydrogen-bond acceptors (Lipinski definition) is 3. The molecule has 1 unspecified atom stereocenters. The third-order valence-electron chi connectivity index (χ3n) is 3.27. The van der Waals surface area contributed by atoms with Crippen molar-refractivity contribution in [3.63, 3.8) is 0 Å². The molecule has 118 valence electrons. The van der Waals surface area contributed by atoms with Gasteiger partial charge in [0.25, 0.3) is 0 Å². The summed E-state index contributed by atoms with van der Waals surface area (Å²) < 4.78 is 28.5. The maximum absolute atomic E-state index is 12.1. The van der Waals surface area contributed by atoms with E-state index in [1.54, 1.807) is 12.1 Å². The summed E-state index contributed by atoms with van der Waals surface area (Å²) in [5.74, 6) is 0.144. The highest BCUT2D eigenvalue weighted by Crippen LogP contribution is 2.17. The minimum atomic E-state index is -2.81. The Kier molecular flexibility index (Phi) is 5.86. The van der Waals surface area contributed by atoms with Crippen LogP contribution in [0.1, 0.15) is 17.2 Å². The number of benzene rings is 2. The first-order chi connectivity index (χ1) is 10.5. The first-order valence-corrected chi connectivity index (χ1v) is 7.00. The molecule has 0 fully saturated rings. The molecule has 2 aromatic rings. The second-order valence-electron chi connectivity index (χ2n) is 5.15. The quantitative estimate of drug-likeness (QED) is 0.850. The molecule has 0 aromatic heterocycles. The van der Waals surface area contributed by atoms with Crippen LogP contribution in [0.3, 0.4) is 0 Å².